The molecule has 1 aliphatic carbocycles. The molecule has 0 radical (unpaired) electrons. The molecule has 0 atom stereocenters. The Bertz CT molecular complexity index is 872. The summed E-state index contributed by atoms with van der Waals surface area (Å²) < 4.78 is 6.44. The smallest absolute Gasteiger partial charge is 0.330 e. The van der Waals surface area contributed by atoms with Crippen LogP contribution in [0.3, 0.4) is 0 Å². The zero-order chi connectivity index (χ0) is 17.6. The quantitative estimate of drug-likeness (QED) is 0.907. The van der Waals surface area contributed by atoms with Crippen molar-refractivity contribution < 1.29 is 4.74 Å². The van der Waals surface area contributed by atoms with Crippen molar-refractivity contribution in [2.45, 2.75) is 51.4 Å². The van der Waals surface area contributed by atoms with E-state index in [1.807, 2.05) is 36.4 Å². The van der Waals surface area contributed by atoms with E-state index in [9.17, 15) is 14.9 Å². The van der Waals surface area contributed by atoms with Gasteiger partial charge in [0.2, 0.25) is 0 Å². The molecule has 1 aliphatic rings. The average Bonchev–Trinajstić information content (AvgIpc) is 2.65. The first-order chi connectivity index (χ1) is 12.2. The summed E-state index contributed by atoms with van der Waals surface area (Å²) in [6.07, 6.45) is 5.08. The fourth-order valence-electron chi connectivity index (χ4n) is 3.34. The van der Waals surface area contributed by atoms with Gasteiger partial charge in [-0.25, -0.2) is 9.36 Å². The van der Waals surface area contributed by atoms with Gasteiger partial charge in [0, 0.05) is 11.6 Å². The van der Waals surface area contributed by atoms with Crippen LogP contribution in [0.25, 0.3) is 0 Å². The van der Waals surface area contributed by atoms with E-state index >= 15 is 0 Å². The predicted octanol–water partition coefficient (Wildman–Crippen LogP) is 2.63. The van der Waals surface area contributed by atoms with Crippen LogP contribution in [0.2, 0.25) is 0 Å². The molecular formula is C19H21N3O3. The van der Waals surface area contributed by atoms with Crippen LogP contribution in [0.15, 0.2) is 39.9 Å². The highest BCUT2D eigenvalue weighted by Gasteiger charge is 2.23. The van der Waals surface area contributed by atoms with Crippen LogP contribution in [0, 0.1) is 11.3 Å². The number of nitrogens with zero attached hydrogens (tertiary/aromatic N) is 2. The number of hydrogen-bond acceptors (Lipinski definition) is 4. The van der Waals surface area contributed by atoms with Crippen molar-refractivity contribution in [1.29, 1.82) is 5.26 Å². The second-order valence-corrected chi connectivity index (χ2v) is 6.36. The lowest BCUT2D eigenvalue weighted by molar-refractivity contribution is 0.0586. The van der Waals surface area contributed by atoms with Crippen LogP contribution in [0.5, 0.6) is 0 Å². The Morgan fingerprint density at radius 2 is 1.88 bits per heavy atom. The van der Waals surface area contributed by atoms with Crippen molar-refractivity contribution in [3.63, 3.8) is 0 Å². The second-order valence-electron chi connectivity index (χ2n) is 6.36. The lowest BCUT2D eigenvalue weighted by atomic mass is 9.85. The van der Waals surface area contributed by atoms with Gasteiger partial charge in [-0.1, -0.05) is 49.6 Å². The van der Waals surface area contributed by atoms with Gasteiger partial charge in [0.05, 0.1) is 6.61 Å². The predicted molar refractivity (Wildman–Crippen MR) is 93.1 cm³/mol. The number of nitriles is 1. The minimum absolute atomic E-state index is 0.0369. The lowest BCUT2D eigenvalue weighted by Gasteiger charge is -2.22. The summed E-state index contributed by atoms with van der Waals surface area (Å²) in [6.45, 7) is 0.113. The number of ether oxygens (including phenoxy) is 1. The summed E-state index contributed by atoms with van der Waals surface area (Å²) in [4.78, 5) is 27.7. The lowest BCUT2D eigenvalue weighted by Crippen LogP contribution is -2.39. The molecule has 0 bridgehead atoms. The van der Waals surface area contributed by atoms with E-state index in [1.54, 1.807) is 0 Å². The summed E-state index contributed by atoms with van der Waals surface area (Å²) in [5.74, 6) is 0.0867. The van der Waals surface area contributed by atoms with Crippen LogP contribution < -0.4 is 11.2 Å². The third kappa shape index (κ3) is 3.89. The summed E-state index contributed by atoms with van der Waals surface area (Å²) in [6, 6.07) is 11.5. The zero-order valence-electron chi connectivity index (χ0n) is 14.0. The Labute approximate surface area is 145 Å². The third-order valence-electron chi connectivity index (χ3n) is 4.67. The number of H-pyrrole nitrogens is 1. The first-order valence-corrected chi connectivity index (χ1v) is 8.59. The van der Waals surface area contributed by atoms with Gasteiger partial charge in [0.15, 0.2) is 0 Å². The van der Waals surface area contributed by atoms with Crippen LogP contribution in [0.4, 0.5) is 0 Å². The van der Waals surface area contributed by atoms with Crippen molar-refractivity contribution in [2.75, 3.05) is 0 Å². The van der Waals surface area contributed by atoms with Gasteiger partial charge in [0.1, 0.15) is 18.4 Å². The van der Waals surface area contributed by atoms with Crippen molar-refractivity contribution in [1.82, 2.24) is 9.55 Å². The van der Waals surface area contributed by atoms with Crippen LogP contribution >= 0.6 is 0 Å². The molecule has 0 aliphatic heterocycles. The number of benzene rings is 1. The Morgan fingerprint density at radius 3 is 2.56 bits per heavy atom. The minimum atomic E-state index is -0.570. The van der Waals surface area contributed by atoms with E-state index in [-0.39, 0.29) is 18.2 Å². The van der Waals surface area contributed by atoms with E-state index in [1.165, 1.54) is 0 Å². The minimum Gasteiger partial charge on any atom is -0.356 e. The van der Waals surface area contributed by atoms with E-state index in [2.05, 4.69) is 4.98 Å². The van der Waals surface area contributed by atoms with Gasteiger partial charge in [-0.3, -0.25) is 4.79 Å². The number of nitrogens with one attached hydrogen (secondary N) is 1. The molecule has 1 fully saturated rings. The summed E-state index contributed by atoms with van der Waals surface area (Å²) in [5.41, 5.74) is 0.398. The monoisotopic (exact) mass is 339 g/mol. The van der Waals surface area contributed by atoms with Crippen LogP contribution in [0.1, 0.15) is 54.8 Å². The van der Waals surface area contributed by atoms with E-state index in [0.717, 1.165) is 42.2 Å². The molecule has 1 N–H and O–H groups in total. The van der Waals surface area contributed by atoms with E-state index < -0.39 is 11.2 Å². The first kappa shape index (κ1) is 17.2. The fourth-order valence-corrected chi connectivity index (χ4v) is 3.34. The molecule has 6 nitrogen and oxygen atoms in total. The van der Waals surface area contributed by atoms with Gasteiger partial charge < -0.3 is 9.72 Å². The van der Waals surface area contributed by atoms with Crippen molar-refractivity contribution in [3.8, 4) is 6.07 Å². The van der Waals surface area contributed by atoms with Crippen molar-refractivity contribution >= 4 is 0 Å². The van der Waals surface area contributed by atoms with E-state index in [4.69, 9.17) is 4.74 Å². The second kappa shape index (κ2) is 7.95. The Balaban J connectivity index is 1.82. The molecule has 1 heterocycles. The topological polar surface area (TPSA) is 87.9 Å². The normalized spacial score (nSPS) is 15.0. The fraction of sp³-hybridized carbons (Fsp3) is 0.421. The largest absolute Gasteiger partial charge is 0.356 e. The molecule has 1 aromatic carbocycles. The summed E-state index contributed by atoms with van der Waals surface area (Å²) in [7, 11) is 0. The Kier molecular flexibility index (Phi) is 5.46. The van der Waals surface area contributed by atoms with Gasteiger partial charge in [-0.05, 0) is 18.4 Å². The summed E-state index contributed by atoms with van der Waals surface area (Å²) >= 11 is 0. The van der Waals surface area contributed by atoms with E-state index in [0.29, 0.717) is 12.3 Å². The molecule has 25 heavy (non-hydrogen) atoms. The Hall–Kier alpha value is -2.65. The molecule has 0 spiro atoms. The summed E-state index contributed by atoms with van der Waals surface area (Å²) in [5, 5.41) is 9.42. The third-order valence-corrected chi connectivity index (χ3v) is 4.67. The molecular weight excluding hydrogens is 318 g/mol. The number of hydrogen-bond donors (Lipinski definition) is 1. The molecule has 130 valence electrons. The number of aromatic nitrogens is 2. The maximum absolute atomic E-state index is 12.6. The van der Waals surface area contributed by atoms with Gasteiger partial charge in [0.25, 0.3) is 5.56 Å². The van der Waals surface area contributed by atoms with Crippen LogP contribution in [-0.2, 0) is 18.1 Å². The molecule has 1 saturated carbocycles. The average molecular weight is 339 g/mol. The molecule has 0 amide bonds. The number of rotatable bonds is 5. The van der Waals surface area contributed by atoms with Crippen molar-refractivity contribution in [3.05, 3.63) is 68.0 Å². The van der Waals surface area contributed by atoms with Crippen molar-refractivity contribution in [2.24, 2.45) is 0 Å². The molecule has 6 heteroatoms. The zero-order valence-corrected chi connectivity index (χ0v) is 14.0. The highest BCUT2D eigenvalue weighted by Crippen LogP contribution is 2.31. The molecule has 2 aromatic rings. The Morgan fingerprint density at radius 1 is 1.16 bits per heavy atom. The van der Waals surface area contributed by atoms with Gasteiger partial charge >= 0.3 is 5.69 Å². The standard InChI is InChI=1S/C19H21N3O3/c20-11-16-17(15-9-5-2-6-10-15)21-19(24)22(18(16)23)13-25-12-14-7-3-1-4-8-14/h1,3-4,7-8,15H,2,5-6,9-10,12-13H2,(H,21,24). The number of aromatic amines is 1. The highest BCUT2D eigenvalue weighted by atomic mass is 16.5. The maximum atomic E-state index is 12.6. The molecule has 1 aromatic heterocycles. The van der Waals surface area contributed by atoms with Gasteiger partial charge in [-0.15, -0.1) is 0 Å². The molecule has 0 saturated heterocycles. The van der Waals surface area contributed by atoms with Gasteiger partial charge in [-0.2, -0.15) is 5.26 Å². The first-order valence-electron chi connectivity index (χ1n) is 8.59. The van der Waals surface area contributed by atoms with Crippen LogP contribution in [-0.4, -0.2) is 9.55 Å². The molecule has 0 unspecified atom stereocenters. The highest BCUT2D eigenvalue weighted by molar-refractivity contribution is 5.33. The maximum Gasteiger partial charge on any atom is 0.330 e. The SMILES string of the molecule is N#Cc1c(C2CCCCC2)[nH]c(=O)n(COCc2ccccc2)c1=O. The molecule has 3 rings (SSSR count).